The lowest BCUT2D eigenvalue weighted by atomic mass is 10.0. The lowest BCUT2D eigenvalue weighted by Gasteiger charge is -2.08. The van der Waals surface area contributed by atoms with Gasteiger partial charge in [0.15, 0.2) is 0 Å². The van der Waals surface area contributed by atoms with Gasteiger partial charge in [-0.15, -0.1) is 0 Å². The monoisotopic (exact) mass is 306 g/mol. The number of carbonyl (C=O) groups excluding carboxylic acids is 1. The zero-order chi connectivity index (χ0) is 16.2. The Kier molecular flexibility index (Phi) is 9.36. The summed E-state index contributed by atoms with van der Waals surface area (Å²) in [4.78, 5) is 11.2. The van der Waals surface area contributed by atoms with Gasteiger partial charge in [-0.3, -0.25) is 4.79 Å². The number of unbranched alkanes of at least 4 members (excludes halogenated alkanes) is 3. The quantitative estimate of drug-likeness (QED) is 0.436. The largest absolute Gasteiger partial charge is 0.494 e. The maximum atomic E-state index is 11.2. The normalized spacial score (nSPS) is 10.7. The Balaban J connectivity index is 2.06. The summed E-state index contributed by atoms with van der Waals surface area (Å²) in [6.07, 6.45) is 5.71. The summed E-state index contributed by atoms with van der Waals surface area (Å²) in [6, 6.07) is 8.40. The maximum absolute atomic E-state index is 11.2. The second-order valence-corrected chi connectivity index (χ2v) is 6.06. The van der Waals surface area contributed by atoms with Gasteiger partial charge >= 0.3 is 5.97 Å². The molecule has 0 heterocycles. The van der Waals surface area contributed by atoms with Gasteiger partial charge in [0.2, 0.25) is 0 Å². The van der Waals surface area contributed by atoms with Crippen LogP contribution in [0.2, 0.25) is 0 Å². The highest BCUT2D eigenvalue weighted by atomic mass is 16.5. The van der Waals surface area contributed by atoms with Crippen molar-refractivity contribution in [2.45, 2.75) is 59.3 Å². The number of hydrogen-bond donors (Lipinski definition) is 0. The van der Waals surface area contributed by atoms with Crippen molar-refractivity contribution < 1.29 is 14.3 Å². The van der Waals surface area contributed by atoms with Gasteiger partial charge in [-0.05, 0) is 49.8 Å². The average molecular weight is 306 g/mol. The molecule has 1 rings (SSSR count). The molecule has 0 aliphatic carbocycles. The molecule has 0 radical (unpaired) electrons. The van der Waals surface area contributed by atoms with Gasteiger partial charge in [0.1, 0.15) is 5.75 Å². The van der Waals surface area contributed by atoms with E-state index in [2.05, 4.69) is 38.1 Å². The van der Waals surface area contributed by atoms with Crippen molar-refractivity contribution >= 4 is 5.97 Å². The van der Waals surface area contributed by atoms with Gasteiger partial charge in [0.05, 0.1) is 13.2 Å². The molecule has 3 heteroatoms. The zero-order valence-corrected chi connectivity index (χ0v) is 14.3. The standard InChI is InChI=1S/C19H30O3/c1-4-21-19(20)9-7-5-6-8-14-22-18-12-10-17(11-13-18)15-16(2)3/h10-13,16H,4-9,14-15H2,1-3H3. The van der Waals surface area contributed by atoms with Crippen LogP contribution in [0.4, 0.5) is 0 Å². The molecule has 0 aliphatic heterocycles. The fourth-order valence-electron chi connectivity index (χ4n) is 2.34. The molecule has 0 fully saturated rings. The molecule has 0 saturated heterocycles. The number of rotatable bonds is 11. The molecule has 0 atom stereocenters. The van der Waals surface area contributed by atoms with E-state index in [0.29, 0.717) is 18.9 Å². The van der Waals surface area contributed by atoms with Crippen LogP contribution in [-0.2, 0) is 16.0 Å². The molecular formula is C19H30O3. The summed E-state index contributed by atoms with van der Waals surface area (Å²) in [5.41, 5.74) is 1.36. The minimum Gasteiger partial charge on any atom is -0.494 e. The van der Waals surface area contributed by atoms with Crippen LogP contribution in [-0.4, -0.2) is 19.2 Å². The Morgan fingerprint density at radius 2 is 1.73 bits per heavy atom. The molecule has 0 spiro atoms. The highest BCUT2D eigenvalue weighted by molar-refractivity contribution is 5.69. The van der Waals surface area contributed by atoms with E-state index in [4.69, 9.17) is 9.47 Å². The van der Waals surface area contributed by atoms with Crippen LogP contribution < -0.4 is 4.74 Å². The first-order valence-electron chi connectivity index (χ1n) is 8.49. The smallest absolute Gasteiger partial charge is 0.305 e. The van der Waals surface area contributed by atoms with Gasteiger partial charge in [0.25, 0.3) is 0 Å². The van der Waals surface area contributed by atoms with E-state index in [1.807, 2.05) is 6.92 Å². The van der Waals surface area contributed by atoms with Crippen molar-refractivity contribution in [3.63, 3.8) is 0 Å². The van der Waals surface area contributed by atoms with E-state index in [1.54, 1.807) is 0 Å². The van der Waals surface area contributed by atoms with Gasteiger partial charge in [-0.2, -0.15) is 0 Å². The molecule has 0 saturated carbocycles. The first-order valence-corrected chi connectivity index (χ1v) is 8.49. The van der Waals surface area contributed by atoms with Crippen LogP contribution in [0.5, 0.6) is 5.75 Å². The minimum atomic E-state index is -0.0831. The molecule has 0 N–H and O–H groups in total. The molecule has 1 aromatic rings. The third kappa shape index (κ3) is 8.71. The topological polar surface area (TPSA) is 35.5 Å². The highest BCUT2D eigenvalue weighted by Crippen LogP contribution is 2.15. The predicted octanol–water partition coefficient (Wildman–Crippen LogP) is 4.78. The average Bonchev–Trinajstić information content (AvgIpc) is 2.47. The second kappa shape index (κ2) is 11.1. The van der Waals surface area contributed by atoms with Crippen LogP contribution in [0.3, 0.4) is 0 Å². The maximum Gasteiger partial charge on any atom is 0.305 e. The molecule has 0 amide bonds. The number of benzene rings is 1. The zero-order valence-electron chi connectivity index (χ0n) is 14.3. The fourth-order valence-corrected chi connectivity index (χ4v) is 2.34. The van der Waals surface area contributed by atoms with Gasteiger partial charge in [0, 0.05) is 6.42 Å². The van der Waals surface area contributed by atoms with Crippen LogP contribution in [0.15, 0.2) is 24.3 Å². The molecule has 0 aliphatic rings. The molecule has 124 valence electrons. The van der Waals surface area contributed by atoms with E-state index in [-0.39, 0.29) is 5.97 Å². The van der Waals surface area contributed by atoms with Crippen LogP contribution in [0, 0.1) is 5.92 Å². The second-order valence-electron chi connectivity index (χ2n) is 6.06. The summed E-state index contributed by atoms with van der Waals surface area (Å²) in [6.45, 7) is 7.51. The van der Waals surface area contributed by atoms with Crippen LogP contribution >= 0.6 is 0 Å². The number of carbonyl (C=O) groups is 1. The summed E-state index contributed by atoms with van der Waals surface area (Å²) in [5.74, 6) is 1.54. The van der Waals surface area contributed by atoms with Gasteiger partial charge in [-0.1, -0.05) is 38.8 Å². The third-order valence-electron chi connectivity index (χ3n) is 3.42. The first kappa shape index (κ1) is 18.5. The minimum absolute atomic E-state index is 0.0831. The first-order chi connectivity index (χ1) is 10.6. The van der Waals surface area contributed by atoms with Crippen LogP contribution in [0.25, 0.3) is 0 Å². The van der Waals surface area contributed by atoms with Gasteiger partial charge in [-0.25, -0.2) is 0 Å². The Hall–Kier alpha value is -1.51. The lowest BCUT2D eigenvalue weighted by Crippen LogP contribution is -2.03. The van der Waals surface area contributed by atoms with Crippen molar-refractivity contribution in [1.82, 2.24) is 0 Å². The Labute approximate surface area is 135 Å². The Morgan fingerprint density at radius 3 is 2.36 bits per heavy atom. The summed E-state index contributed by atoms with van der Waals surface area (Å²) < 4.78 is 10.6. The number of hydrogen-bond acceptors (Lipinski definition) is 3. The SMILES string of the molecule is CCOC(=O)CCCCCCOc1ccc(CC(C)C)cc1. The molecule has 0 bridgehead atoms. The number of ether oxygens (including phenoxy) is 2. The molecule has 22 heavy (non-hydrogen) atoms. The summed E-state index contributed by atoms with van der Waals surface area (Å²) in [7, 11) is 0. The molecule has 3 nitrogen and oxygen atoms in total. The lowest BCUT2D eigenvalue weighted by molar-refractivity contribution is -0.143. The Morgan fingerprint density at radius 1 is 1.05 bits per heavy atom. The van der Waals surface area contributed by atoms with Crippen molar-refractivity contribution in [3.8, 4) is 5.75 Å². The van der Waals surface area contributed by atoms with Crippen molar-refractivity contribution in [2.24, 2.45) is 5.92 Å². The van der Waals surface area contributed by atoms with E-state index >= 15 is 0 Å². The van der Waals surface area contributed by atoms with Crippen molar-refractivity contribution in [3.05, 3.63) is 29.8 Å². The number of esters is 1. The van der Waals surface area contributed by atoms with E-state index in [1.165, 1.54) is 5.56 Å². The highest BCUT2D eigenvalue weighted by Gasteiger charge is 2.01. The molecular weight excluding hydrogens is 276 g/mol. The van der Waals surface area contributed by atoms with Gasteiger partial charge < -0.3 is 9.47 Å². The predicted molar refractivity (Wildman–Crippen MR) is 90.2 cm³/mol. The van der Waals surface area contributed by atoms with E-state index < -0.39 is 0 Å². The molecule has 0 unspecified atom stereocenters. The van der Waals surface area contributed by atoms with Crippen molar-refractivity contribution in [1.29, 1.82) is 0 Å². The molecule has 0 aromatic heterocycles. The Bertz CT molecular complexity index is 409. The summed E-state index contributed by atoms with van der Waals surface area (Å²) >= 11 is 0. The molecule has 1 aromatic carbocycles. The third-order valence-corrected chi connectivity index (χ3v) is 3.42. The van der Waals surface area contributed by atoms with E-state index in [9.17, 15) is 4.79 Å². The van der Waals surface area contributed by atoms with Crippen molar-refractivity contribution in [2.75, 3.05) is 13.2 Å². The summed E-state index contributed by atoms with van der Waals surface area (Å²) in [5, 5.41) is 0. The fraction of sp³-hybridized carbons (Fsp3) is 0.632. The van der Waals surface area contributed by atoms with Crippen LogP contribution in [0.1, 0.15) is 58.4 Å². The van der Waals surface area contributed by atoms with E-state index in [0.717, 1.165) is 44.5 Å².